The third-order valence-electron chi connectivity index (χ3n) is 5.70. The Morgan fingerprint density at radius 3 is 2.76 bits per heavy atom. The van der Waals surface area contributed by atoms with E-state index in [1.807, 2.05) is 53.9 Å². The average Bonchev–Trinajstić information content (AvgIpc) is 3.33. The zero-order valence-electron chi connectivity index (χ0n) is 17.2. The van der Waals surface area contributed by atoms with Crippen molar-refractivity contribution in [3.8, 4) is 11.5 Å². The van der Waals surface area contributed by atoms with Crippen LogP contribution >= 0.6 is 0 Å². The number of furan rings is 1. The third kappa shape index (κ3) is 4.35. The molecule has 1 unspecified atom stereocenters. The summed E-state index contributed by atoms with van der Waals surface area (Å²) in [5.41, 5.74) is 3.51. The smallest absolute Gasteiger partial charge is 0.155 e. The number of imidazole rings is 1. The predicted octanol–water partition coefficient (Wildman–Crippen LogP) is 5.79. The van der Waals surface area contributed by atoms with Crippen molar-refractivity contribution < 1.29 is 9.52 Å². The molecule has 4 aromatic rings. The van der Waals surface area contributed by atoms with Gasteiger partial charge in [0.1, 0.15) is 11.3 Å². The van der Waals surface area contributed by atoms with Gasteiger partial charge in [-0.15, -0.1) is 0 Å². The van der Waals surface area contributed by atoms with Crippen LogP contribution in [0.3, 0.4) is 0 Å². The van der Waals surface area contributed by atoms with Gasteiger partial charge in [-0.3, -0.25) is 0 Å². The minimum Gasteiger partial charge on any atom is -0.454 e. The van der Waals surface area contributed by atoms with Crippen molar-refractivity contribution in [3.05, 3.63) is 54.4 Å². The second-order valence-electron chi connectivity index (χ2n) is 7.94. The lowest BCUT2D eigenvalue weighted by Crippen LogP contribution is -2.23. The molecule has 2 atom stereocenters. The molecular formula is C24H29N3O2. The number of hydrogen-bond donors (Lipinski definition) is 1. The molecule has 152 valence electrons. The van der Waals surface area contributed by atoms with Gasteiger partial charge >= 0.3 is 0 Å². The van der Waals surface area contributed by atoms with Gasteiger partial charge in [0.15, 0.2) is 11.4 Å². The summed E-state index contributed by atoms with van der Waals surface area (Å²) in [6.07, 6.45) is 9.14. The zero-order valence-corrected chi connectivity index (χ0v) is 17.2. The van der Waals surface area contributed by atoms with Gasteiger partial charge in [0, 0.05) is 5.39 Å². The molecule has 1 N–H and O–H groups in total. The highest BCUT2D eigenvalue weighted by Gasteiger charge is 2.21. The molecule has 0 radical (unpaired) electrons. The summed E-state index contributed by atoms with van der Waals surface area (Å²) in [7, 11) is 0. The third-order valence-corrected chi connectivity index (χ3v) is 5.70. The van der Waals surface area contributed by atoms with Crippen molar-refractivity contribution in [2.45, 2.75) is 58.5 Å². The molecule has 0 spiro atoms. The van der Waals surface area contributed by atoms with E-state index in [1.54, 1.807) is 6.20 Å². The minimum absolute atomic E-state index is 0.0219. The number of nitrogens with zero attached hydrogens (tertiary/aromatic N) is 3. The number of aliphatic hydroxyl groups excluding tert-OH is 1. The molecule has 1 aliphatic rings. The fourth-order valence-corrected chi connectivity index (χ4v) is 4.14. The Morgan fingerprint density at radius 1 is 1.14 bits per heavy atom. The fourth-order valence-electron chi connectivity index (χ4n) is 4.14. The van der Waals surface area contributed by atoms with Crippen LogP contribution in [0.4, 0.5) is 0 Å². The van der Waals surface area contributed by atoms with E-state index in [0.717, 1.165) is 40.2 Å². The average molecular weight is 392 g/mol. The number of aromatic nitrogens is 3. The Balaban J connectivity index is 0.000000174. The van der Waals surface area contributed by atoms with Crippen molar-refractivity contribution in [2.75, 3.05) is 0 Å². The first kappa shape index (κ1) is 19.6. The molecular weight excluding hydrogens is 362 g/mol. The first-order valence-electron chi connectivity index (χ1n) is 10.6. The first-order chi connectivity index (χ1) is 14.2. The molecule has 1 aromatic carbocycles. The van der Waals surface area contributed by atoms with E-state index in [0.29, 0.717) is 5.92 Å². The van der Waals surface area contributed by atoms with Gasteiger partial charge in [0.05, 0.1) is 18.0 Å². The maximum atomic E-state index is 9.50. The van der Waals surface area contributed by atoms with E-state index >= 15 is 0 Å². The van der Waals surface area contributed by atoms with Crippen molar-refractivity contribution in [3.63, 3.8) is 0 Å². The summed E-state index contributed by atoms with van der Waals surface area (Å²) in [6, 6.07) is 13.9. The molecule has 1 aliphatic carbocycles. The van der Waals surface area contributed by atoms with Crippen LogP contribution in [0.5, 0.6) is 0 Å². The van der Waals surface area contributed by atoms with Crippen molar-refractivity contribution in [1.82, 2.24) is 14.6 Å². The van der Waals surface area contributed by atoms with Gasteiger partial charge in [-0.1, -0.05) is 44.4 Å². The second kappa shape index (κ2) is 8.78. The molecule has 0 aliphatic heterocycles. The largest absolute Gasteiger partial charge is 0.454 e. The lowest BCUT2D eigenvalue weighted by Gasteiger charge is -2.26. The molecule has 3 heterocycles. The Labute approximate surface area is 171 Å². The summed E-state index contributed by atoms with van der Waals surface area (Å²) in [5.74, 6) is 1.41. The summed E-state index contributed by atoms with van der Waals surface area (Å²) in [6.45, 7) is 4.16. The number of aliphatic hydroxyl groups is 1. The van der Waals surface area contributed by atoms with Crippen molar-refractivity contribution in [2.24, 2.45) is 5.92 Å². The molecule has 29 heavy (non-hydrogen) atoms. The molecule has 5 rings (SSSR count). The van der Waals surface area contributed by atoms with Crippen LogP contribution in [0.1, 0.15) is 51.1 Å². The topological polar surface area (TPSA) is 63.6 Å². The second-order valence-corrected chi connectivity index (χ2v) is 7.94. The van der Waals surface area contributed by atoms with E-state index < -0.39 is 0 Å². The van der Waals surface area contributed by atoms with Gasteiger partial charge in [-0.05, 0) is 56.4 Å². The predicted molar refractivity (Wildman–Crippen MR) is 116 cm³/mol. The van der Waals surface area contributed by atoms with Crippen LogP contribution in [0.15, 0.2) is 53.1 Å². The maximum Gasteiger partial charge on any atom is 0.155 e. The summed E-state index contributed by atoms with van der Waals surface area (Å²) < 4.78 is 7.67. The monoisotopic (exact) mass is 391 g/mol. The van der Waals surface area contributed by atoms with Crippen LogP contribution in [0.25, 0.3) is 28.1 Å². The minimum atomic E-state index is 0.0219. The standard InChI is InChI=1S/C15H11N3O.C9H18O/c1-10-6-7-15-16-9-12(18(15)17-10)14-8-11-4-2-3-5-13(11)19-14;1-2-5-8-6-3-4-7-9(8)10/h2-9H,1H3;8-10H,2-7H2,1H3/t;8?,9-/m.1/s1. The number of rotatable bonds is 3. The summed E-state index contributed by atoms with van der Waals surface area (Å²) in [5, 5.41) is 15.1. The van der Waals surface area contributed by atoms with E-state index in [4.69, 9.17) is 4.42 Å². The summed E-state index contributed by atoms with van der Waals surface area (Å²) >= 11 is 0. The molecule has 0 saturated heterocycles. The Kier molecular flexibility index (Phi) is 5.95. The molecule has 3 aromatic heterocycles. The highest BCUT2D eigenvalue weighted by atomic mass is 16.3. The van der Waals surface area contributed by atoms with Crippen LogP contribution in [-0.4, -0.2) is 25.8 Å². The molecule has 5 nitrogen and oxygen atoms in total. The van der Waals surface area contributed by atoms with Gasteiger partial charge in [0.2, 0.25) is 0 Å². The number of para-hydroxylation sites is 1. The number of fused-ring (bicyclic) bond motifs is 2. The fraction of sp³-hybridized carbons (Fsp3) is 0.417. The van der Waals surface area contributed by atoms with Crippen LogP contribution in [-0.2, 0) is 0 Å². The van der Waals surface area contributed by atoms with E-state index in [-0.39, 0.29) is 6.10 Å². The van der Waals surface area contributed by atoms with E-state index in [9.17, 15) is 5.11 Å². The van der Waals surface area contributed by atoms with Gasteiger partial charge in [0.25, 0.3) is 0 Å². The molecule has 1 saturated carbocycles. The molecule has 1 fully saturated rings. The van der Waals surface area contributed by atoms with Gasteiger partial charge in [-0.2, -0.15) is 5.10 Å². The maximum absolute atomic E-state index is 9.50. The van der Waals surface area contributed by atoms with E-state index in [1.165, 1.54) is 32.1 Å². The lowest BCUT2D eigenvalue weighted by molar-refractivity contribution is 0.0650. The van der Waals surface area contributed by atoms with Crippen molar-refractivity contribution in [1.29, 1.82) is 0 Å². The molecule has 5 heteroatoms. The van der Waals surface area contributed by atoms with Crippen molar-refractivity contribution >= 4 is 16.6 Å². The quantitative estimate of drug-likeness (QED) is 0.480. The zero-order chi connectivity index (χ0) is 20.2. The number of benzene rings is 1. The summed E-state index contributed by atoms with van der Waals surface area (Å²) in [4.78, 5) is 4.35. The van der Waals surface area contributed by atoms with Crippen LogP contribution < -0.4 is 0 Å². The number of aryl methyl sites for hydroxylation is 1. The highest BCUT2D eigenvalue weighted by Crippen LogP contribution is 2.28. The lowest BCUT2D eigenvalue weighted by atomic mass is 9.84. The highest BCUT2D eigenvalue weighted by molar-refractivity contribution is 5.82. The molecule has 0 bridgehead atoms. The SMILES string of the molecule is CCCC1CCCC[C@H]1O.Cc1ccc2ncc(-c3cc4ccccc4o3)n2n1. The molecule has 0 amide bonds. The Morgan fingerprint density at radius 2 is 1.97 bits per heavy atom. The first-order valence-corrected chi connectivity index (χ1v) is 10.6. The van der Waals surface area contributed by atoms with Gasteiger partial charge < -0.3 is 9.52 Å². The Hall–Kier alpha value is -2.66. The van der Waals surface area contributed by atoms with Gasteiger partial charge in [-0.25, -0.2) is 9.50 Å². The van der Waals surface area contributed by atoms with Crippen LogP contribution in [0, 0.1) is 12.8 Å². The van der Waals surface area contributed by atoms with E-state index in [2.05, 4.69) is 17.0 Å². The Bertz CT molecular complexity index is 1050. The van der Waals surface area contributed by atoms with Crippen LogP contribution in [0.2, 0.25) is 0 Å². The normalized spacial score (nSPS) is 19.3. The number of hydrogen-bond acceptors (Lipinski definition) is 4.